The third-order valence-corrected chi connectivity index (χ3v) is 4.04. The second-order valence-corrected chi connectivity index (χ2v) is 6.31. The molecule has 0 bridgehead atoms. The first-order chi connectivity index (χ1) is 12.3. The van der Waals surface area contributed by atoms with Crippen LogP contribution in [0.3, 0.4) is 0 Å². The van der Waals surface area contributed by atoms with Crippen molar-refractivity contribution in [2.24, 2.45) is 5.92 Å². The maximum absolute atomic E-state index is 12.7. The molecule has 0 radical (unpaired) electrons. The number of aliphatic carboxylic acids is 1. The SMILES string of the molecule is CC(C)[C@@H](NC(=O)c1cccc(C(=O)N(C)c2ccccc2)c1)C(=O)O. The molecule has 0 aliphatic heterocycles. The number of nitrogens with one attached hydrogen (secondary N) is 1. The van der Waals surface area contributed by atoms with Crippen LogP contribution in [0.2, 0.25) is 0 Å². The van der Waals surface area contributed by atoms with E-state index in [1.165, 1.54) is 11.0 Å². The largest absolute Gasteiger partial charge is 0.480 e. The third-order valence-electron chi connectivity index (χ3n) is 4.04. The number of carbonyl (C=O) groups is 3. The Hall–Kier alpha value is -3.15. The highest BCUT2D eigenvalue weighted by Crippen LogP contribution is 2.16. The second-order valence-electron chi connectivity index (χ2n) is 6.31. The van der Waals surface area contributed by atoms with Gasteiger partial charge >= 0.3 is 5.97 Å². The van der Waals surface area contributed by atoms with E-state index >= 15 is 0 Å². The normalized spacial score (nSPS) is 11.7. The number of nitrogens with zero attached hydrogens (tertiary/aromatic N) is 1. The van der Waals surface area contributed by atoms with E-state index in [0.29, 0.717) is 5.56 Å². The number of anilines is 1. The van der Waals surface area contributed by atoms with Crippen LogP contribution in [0, 0.1) is 5.92 Å². The molecule has 2 rings (SSSR count). The fourth-order valence-corrected chi connectivity index (χ4v) is 2.49. The molecule has 2 aromatic carbocycles. The van der Waals surface area contributed by atoms with Crippen molar-refractivity contribution in [3.05, 3.63) is 65.7 Å². The van der Waals surface area contributed by atoms with Crippen molar-refractivity contribution in [2.45, 2.75) is 19.9 Å². The number of hydrogen-bond acceptors (Lipinski definition) is 3. The van der Waals surface area contributed by atoms with Gasteiger partial charge in [-0.15, -0.1) is 0 Å². The van der Waals surface area contributed by atoms with Gasteiger partial charge in [-0.05, 0) is 36.2 Å². The van der Waals surface area contributed by atoms with Gasteiger partial charge in [0.15, 0.2) is 0 Å². The highest BCUT2D eigenvalue weighted by molar-refractivity contribution is 6.07. The quantitative estimate of drug-likeness (QED) is 0.835. The number of rotatable bonds is 6. The minimum Gasteiger partial charge on any atom is -0.480 e. The average molecular weight is 354 g/mol. The lowest BCUT2D eigenvalue weighted by Crippen LogP contribution is -2.44. The minimum atomic E-state index is -1.09. The molecule has 0 spiro atoms. The van der Waals surface area contributed by atoms with Gasteiger partial charge < -0.3 is 15.3 Å². The van der Waals surface area contributed by atoms with Crippen molar-refractivity contribution < 1.29 is 19.5 Å². The van der Waals surface area contributed by atoms with Crippen LogP contribution in [0.1, 0.15) is 34.6 Å². The van der Waals surface area contributed by atoms with Gasteiger partial charge in [-0.1, -0.05) is 38.1 Å². The molecule has 0 aliphatic carbocycles. The van der Waals surface area contributed by atoms with Crippen LogP contribution in [0.5, 0.6) is 0 Å². The van der Waals surface area contributed by atoms with Crippen molar-refractivity contribution in [1.29, 1.82) is 0 Å². The summed E-state index contributed by atoms with van der Waals surface area (Å²) in [5.74, 6) is -2.14. The molecule has 6 nitrogen and oxygen atoms in total. The maximum atomic E-state index is 12.7. The van der Waals surface area contributed by atoms with Crippen LogP contribution in [0.25, 0.3) is 0 Å². The van der Waals surface area contributed by atoms with Crippen molar-refractivity contribution >= 4 is 23.5 Å². The number of carbonyl (C=O) groups excluding carboxylic acids is 2. The average Bonchev–Trinajstić information content (AvgIpc) is 2.65. The number of para-hydroxylation sites is 1. The molecule has 26 heavy (non-hydrogen) atoms. The van der Waals surface area contributed by atoms with Crippen LogP contribution < -0.4 is 10.2 Å². The number of benzene rings is 2. The summed E-state index contributed by atoms with van der Waals surface area (Å²) in [7, 11) is 1.66. The predicted octanol–water partition coefficient (Wildman–Crippen LogP) is 2.80. The van der Waals surface area contributed by atoms with Crippen molar-refractivity contribution in [1.82, 2.24) is 5.32 Å². The lowest BCUT2D eigenvalue weighted by molar-refractivity contribution is -0.140. The highest BCUT2D eigenvalue weighted by Gasteiger charge is 2.24. The van der Waals surface area contributed by atoms with Gasteiger partial charge in [0, 0.05) is 23.9 Å². The molecule has 0 unspecified atom stereocenters. The summed E-state index contributed by atoms with van der Waals surface area (Å²) in [5, 5.41) is 11.7. The number of carboxylic acids is 1. The second kappa shape index (κ2) is 8.29. The van der Waals surface area contributed by atoms with E-state index in [1.54, 1.807) is 39.1 Å². The molecule has 0 aliphatic rings. The zero-order valence-corrected chi connectivity index (χ0v) is 15.0. The Balaban J connectivity index is 2.20. The lowest BCUT2D eigenvalue weighted by atomic mass is 10.0. The zero-order valence-electron chi connectivity index (χ0n) is 15.0. The highest BCUT2D eigenvalue weighted by atomic mass is 16.4. The standard InChI is InChI=1S/C20H22N2O4/c1-13(2)17(20(25)26)21-18(23)14-8-7-9-15(12-14)19(24)22(3)16-10-5-4-6-11-16/h4-13,17H,1-3H3,(H,21,23)(H,25,26)/t17-/m1/s1. The molecule has 2 N–H and O–H groups in total. The van der Waals surface area contributed by atoms with Crippen LogP contribution in [0.4, 0.5) is 5.69 Å². The summed E-state index contributed by atoms with van der Waals surface area (Å²) in [5.41, 5.74) is 1.32. The smallest absolute Gasteiger partial charge is 0.326 e. The van der Waals surface area contributed by atoms with E-state index in [0.717, 1.165) is 5.69 Å². The lowest BCUT2D eigenvalue weighted by Gasteiger charge is -2.19. The van der Waals surface area contributed by atoms with Gasteiger partial charge in [-0.3, -0.25) is 9.59 Å². The Morgan fingerprint density at radius 1 is 0.962 bits per heavy atom. The summed E-state index contributed by atoms with van der Waals surface area (Å²) in [4.78, 5) is 37.8. The molecule has 136 valence electrons. The van der Waals surface area contributed by atoms with Crippen LogP contribution in [-0.2, 0) is 4.79 Å². The number of amides is 2. The Bertz CT molecular complexity index is 802. The fraction of sp³-hybridized carbons (Fsp3) is 0.250. The van der Waals surface area contributed by atoms with Gasteiger partial charge in [0.2, 0.25) is 0 Å². The molecule has 0 aromatic heterocycles. The van der Waals surface area contributed by atoms with Gasteiger partial charge in [-0.25, -0.2) is 4.79 Å². The first-order valence-corrected chi connectivity index (χ1v) is 8.28. The van der Waals surface area contributed by atoms with Crippen LogP contribution in [-0.4, -0.2) is 36.0 Å². The molecule has 0 fully saturated rings. The van der Waals surface area contributed by atoms with Gasteiger partial charge in [0.25, 0.3) is 11.8 Å². The molecule has 6 heteroatoms. The summed E-state index contributed by atoms with van der Waals surface area (Å²) < 4.78 is 0. The number of hydrogen-bond donors (Lipinski definition) is 2. The Labute approximate surface area is 152 Å². The molecular formula is C20H22N2O4. The fourth-order valence-electron chi connectivity index (χ4n) is 2.49. The molecule has 0 saturated carbocycles. The van der Waals surface area contributed by atoms with E-state index in [-0.39, 0.29) is 17.4 Å². The van der Waals surface area contributed by atoms with E-state index in [4.69, 9.17) is 0 Å². The Morgan fingerprint density at radius 2 is 1.58 bits per heavy atom. The van der Waals surface area contributed by atoms with Gasteiger partial charge in [0.1, 0.15) is 6.04 Å². The van der Waals surface area contributed by atoms with Gasteiger partial charge in [-0.2, -0.15) is 0 Å². The molecule has 2 amide bonds. The first kappa shape index (κ1) is 19.2. The van der Waals surface area contributed by atoms with Crippen molar-refractivity contribution in [3.63, 3.8) is 0 Å². The van der Waals surface area contributed by atoms with E-state index in [9.17, 15) is 19.5 Å². The Morgan fingerprint density at radius 3 is 2.15 bits per heavy atom. The van der Waals surface area contributed by atoms with E-state index in [2.05, 4.69) is 5.32 Å². The first-order valence-electron chi connectivity index (χ1n) is 8.28. The summed E-state index contributed by atoms with van der Waals surface area (Å²) in [6, 6.07) is 14.4. The minimum absolute atomic E-state index is 0.240. The van der Waals surface area contributed by atoms with Crippen LogP contribution in [0.15, 0.2) is 54.6 Å². The zero-order chi connectivity index (χ0) is 19.3. The van der Waals surface area contributed by atoms with E-state index < -0.39 is 17.9 Å². The maximum Gasteiger partial charge on any atom is 0.326 e. The van der Waals surface area contributed by atoms with Gasteiger partial charge in [0.05, 0.1) is 0 Å². The molecule has 0 saturated heterocycles. The third kappa shape index (κ3) is 4.47. The van der Waals surface area contributed by atoms with Crippen molar-refractivity contribution in [2.75, 3.05) is 11.9 Å². The molecule has 1 atom stereocenters. The summed E-state index contributed by atoms with van der Waals surface area (Å²) in [6.07, 6.45) is 0. The molecule has 2 aromatic rings. The molecule has 0 heterocycles. The van der Waals surface area contributed by atoms with E-state index in [1.807, 2.05) is 30.3 Å². The van der Waals surface area contributed by atoms with Crippen molar-refractivity contribution in [3.8, 4) is 0 Å². The summed E-state index contributed by atoms with van der Waals surface area (Å²) in [6.45, 7) is 3.43. The monoisotopic (exact) mass is 354 g/mol. The Kier molecular flexibility index (Phi) is 6.11. The predicted molar refractivity (Wildman–Crippen MR) is 99.3 cm³/mol. The number of carboxylic acid groups (broad SMARTS) is 1. The van der Waals surface area contributed by atoms with Crippen LogP contribution >= 0.6 is 0 Å². The molecular weight excluding hydrogens is 332 g/mol. The summed E-state index contributed by atoms with van der Waals surface area (Å²) >= 11 is 0. The topological polar surface area (TPSA) is 86.7 Å².